The molecule has 3 heteroatoms. The summed E-state index contributed by atoms with van der Waals surface area (Å²) in [7, 11) is 0. The van der Waals surface area contributed by atoms with E-state index < -0.39 is 0 Å². The Labute approximate surface area is 129 Å². The molecule has 0 aliphatic heterocycles. The van der Waals surface area contributed by atoms with E-state index in [1.165, 1.54) is 0 Å². The standard InChI is InChI=1S/C12H10O2.C5H5.Fe/c13-11-7-5-10(6-8-11)12(14)9-3-1-2-4-9;1-2-4-5-3-1;/h1-8,13-14H;1-5H;/q;-1;. The van der Waals surface area contributed by atoms with Crippen molar-refractivity contribution in [3.8, 4) is 5.75 Å². The molecule has 0 amide bonds. The molecule has 2 N–H and O–H groups in total. The summed E-state index contributed by atoms with van der Waals surface area (Å²) in [6, 6.07) is 16.5. The molecule has 1 aliphatic carbocycles. The van der Waals surface area contributed by atoms with Gasteiger partial charge in [-0.1, -0.05) is 24.3 Å². The van der Waals surface area contributed by atoms with E-state index in [4.69, 9.17) is 5.11 Å². The molecule has 2 aromatic rings. The van der Waals surface area contributed by atoms with Crippen LogP contribution in [0.15, 0.2) is 84.5 Å². The van der Waals surface area contributed by atoms with Crippen molar-refractivity contribution in [1.82, 2.24) is 0 Å². The van der Waals surface area contributed by atoms with Gasteiger partial charge in [-0.25, -0.2) is 12.1 Å². The Hall–Kier alpha value is -2.09. The van der Waals surface area contributed by atoms with Crippen LogP contribution in [0.4, 0.5) is 0 Å². The minimum atomic E-state index is 0. The van der Waals surface area contributed by atoms with E-state index in [1.807, 2.05) is 54.6 Å². The molecule has 0 unspecified atom stereocenters. The molecular weight excluding hydrogens is 292 g/mol. The van der Waals surface area contributed by atoms with Gasteiger partial charge in [-0.05, 0) is 24.3 Å². The first-order valence-corrected chi connectivity index (χ1v) is 6.01. The molecule has 0 saturated carbocycles. The van der Waals surface area contributed by atoms with Crippen molar-refractivity contribution in [2.75, 3.05) is 0 Å². The zero-order valence-electron chi connectivity index (χ0n) is 10.8. The Morgan fingerprint density at radius 1 is 0.900 bits per heavy atom. The van der Waals surface area contributed by atoms with Crippen LogP contribution in [-0.4, -0.2) is 10.2 Å². The molecule has 0 saturated heterocycles. The van der Waals surface area contributed by atoms with Crippen LogP contribution in [0.5, 0.6) is 5.75 Å². The summed E-state index contributed by atoms with van der Waals surface area (Å²) in [5.41, 5.74) is 1.49. The first-order chi connectivity index (χ1) is 9.27. The Balaban J connectivity index is 0.000000283. The Morgan fingerprint density at radius 2 is 1.45 bits per heavy atom. The molecule has 0 heterocycles. The van der Waals surface area contributed by atoms with E-state index in [0.29, 0.717) is 5.56 Å². The maximum absolute atomic E-state index is 9.81. The van der Waals surface area contributed by atoms with Gasteiger partial charge in [-0.15, -0.1) is 0 Å². The molecule has 0 bridgehead atoms. The summed E-state index contributed by atoms with van der Waals surface area (Å²) in [6.45, 7) is 0. The molecule has 104 valence electrons. The first-order valence-electron chi connectivity index (χ1n) is 6.01. The van der Waals surface area contributed by atoms with Gasteiger partial charge in [-0.3, -0.25) is 0 Å². The predicted octanol–water partition coefficient (Wildman–Crippen LogP) is 4.19. The molecule has 2 aromatic carbocycles. The monoisotopic (exact) mass is 307 g/mol. The molecule has 2 nitrogen and oxygen atoms in total. The van der Waals surface area contributed by atoms with Crippen molar-refractivity contribution in [3.05, 3.63) is 90.0 Å². The van der Waals surface area contributed by atoms with Crippen molar-refractivity contribution in [3.63, 3.8) is 0 Å². The number of hydrogen-bond acceptors (Lipinski definition) is 2. The van der Waals surface area contributed by atoms with Gasteiger partial charge in [0.15, 0.2) is 0 Å². The number of phenols is 1. The number of rotatable bonds is 1. The zero-order valence-corrected chi connectivity index (χ0v) is 11.9. The SMILES string of the molecule is OC(=C1C=CC=C1)c1ccc(O)cc1.[Fe].c1cc[cH-]c1. The topological polar surface area (TPSA) is 40.5 Å². The number of aromatic hydroxyl groups is 1. The fourth-order valence-electron chi connectivity index (χ4n) is 1.64. The quantitative estimate of drug-likeness (QED) is 0.471. The van der Waals surface area contributed by atoms with E-state index in [1.54, 1.807) is 24.3 Å². The molecule has 0 spiro atoms. The maximum Gasteiger partial charge on any atom is 0.130 e. The van der Waals surface area contributed by atoms with Crippen LogP contribution >= 0.6 is 0 Å². The van der Waals surface area contributed by atoms with E-state index in [9.17, 15) is 5.11 Å². The van der Waals surface area contributed by atoms with Crippen molar-refractivity contribution >= 4 is 5.76 Å². The third-order valence-electron chi connectivity index (χ3n) is 2.63. The number of benzene rings is 1. The molecule has 0 fully saturated rings. The predicted molar refractivity (Wildman–Crippen MR) is 78.0 cm³/mol. The van der Waals surface area contributed by atoms with Gasteiger partial charge in [0.25, 0.3) is 0 Å². The Kier molecular flexibility index (Phi) is 6.51. The normalized spacial score (nSPS) is 11.5. The van der Waals surface area contributed by atoms with E-state index in [-0.39, 0.29) is 28.6 Å². The summed E-state index contributed by atoms with van der Waals surface area (Å²) in [5.74, 6) is 0.430. The van der Waals surface area contributed by atoms with Crippen LogP contribution in [-0.2, 0) is 17.1 Å². The second-order valence-corrected chi connectivity index (χ2v) is 4.03. The van der Waals surface area contributed by atoms with Gasteiger partial charge in [0.2, 0.25) is 0 Å². The zero-order chi connectivity index (χ0) is 13.5. The van der Waals surface area contributed by atoms with Crippen LogP contribution < -0.4 is 0 Å². The number of phenolic OH excluding ortho intramolecular Hbond substituents is 1. The molecule has 0 aromatic heterocycles. The van der Waals surface area contributed by atoms with Crippen molar-refractivity contribution in [1.29, 1.82) is 0 Å². The maximum atomic E-state index is 9.81. The largest absolute Gasteiger partial charge is 0.508 e. The van der Waals surface area contributed by atoms with Crippen LogP contribution in [0.1, 0.15) is 5.56 Å². The molecule has 3 rings (SSSR count). The van der Waals surface area contributed by atoms with E-state index >= 15 is 0 Å². The van der Waals surface area contributed by atoms with Crippen molar-refractivity contribution < 1.29 is 27.3 Å². The van der Waals surface area contributed by atoms with Crippen LogP contribution in [0.25, 0.3) is 5.76 Å². The minimum Gasteiger partial charge on any atom is -0.508 e. The minimum absolute atomic E-state index is 0. The van der Waals surface area contributed by atoms with Crippen molar-refractivity contribution in [2.45, 2.75) is 0 Å². The summed E-state index contributed by atoms with van der Waals surface area (Å²) >= 11 is 0. The second kappa shape index (κ2) is 8.15. The Bertz CT molecular complexity index is 559. The van der Waals surface area contributed by atoms with Crippen LogP contribution in [0.3, 0.4) is 0 Å². The van der Waals surface area contributed by atoms with E-state index in [0.717, 1.165) is 5.57 Å². The van der Waals surface area contributed by atoms with Crippen LogP contribution in [0.2, 0.25) is 0 Å². The molecule has 0 atom stereocenters. The summed E-state index contributed by atoms with van der Waals surface area (Å²) < 4.78 is 0. The number of aliphatic hydroxyl groups excluding tert-OH is 1. The van der Waals surface area contributed by atoms with Crippen molar-refractivity contribution in [2.24, 2.45) is 0 Å². The smallest absolute Gasteiger partial charge is 0.130 e. The second-order valence-electron chi connectivity index (χ2n) is 4.03. The Morgan fingerprint density at radius 3 is 1.90 bits per heavy atom. The molecule has 1 aliphatic rings. The molecule has 0 radical (unpaired) electrons. The summed E-state index contributed by atoms with van der Waals surface area (Å²) in [4.78, 5) is 0. The van der Waals surface area contributed by atoms with Gasteiger partial charge in [0.05, 0.1) is 0 Å². The average molecular weight is 307 g/mol. The first kappa shape index (κ1) is 16.0. The molecule has 20 heavy (non-hydrogen) atoms. The van der Waals surface area contributed by atoms with Crippen LogP contribution in [0, 0.1) is 0 Å². The third-order valence-corrected chi connectivity index (χ3v) is 2.63. The summed E-state index contributed by atoms with van der Waals surface area (Å²) in [6.07, 6.45) is 7.41. The van der Waals surface area contributed by atoms with Gasteiger partial charge in [-0.2, -0.15) is 18.2 Å². The summed E-state index contributed by atoms with van der Waals surface area (Å²) in [5, 5.41) is 18.9. The number of hydrogen-bond donors (Lipinski definition) is 2. The van der Waals surface area contributed by atoms with Gasteiger partial charge in [0.1, 0.15) is 11.5 Å². The number of aliphatic hydroxyl groups is 1. The van der Waals surface area contributed by atoms with Gasteiger partial charge < -0.3 is 10.2 Å². The number of allylic oxidation sites excluding steroid dienone is 5. The van der Waals surface area contributed by atoms with Gasteiger partial charge >= 0.3 is 0 Å². The average Bonchev–Trinajstić information content (AvgIpc) is 3.15. The van der Waals surface area contributed by atoms with E-state index in [2.05, 4.69) is 0 Å². The fourth-order valence-corrected chi connectivity index (χ4v) is 1.64. The third kappa shape index (κ3) is 4.54. The molecular formula is C17H15FeO2-. The van der Waals surface area contributed by atoms with Gasteiger partial charge in [0, 0.05) is 28.2 Å². The fraction of sp³-hybridized carbons (Fsp3) is 0.